The molecule has 3 nitrogen and oxygen atoms in total. The average Bonchev–Trinajstić information content (AvgIpc) is 2.69. The number of nitrogens with one attached hydrogen (secondary N) is 1. The molecule has 0 aromatic carbocycles. The van der Waals surface area contributed by atoms with Gasteiger partial charge < -0.3 is 4.90 Å². The number of carbonyl (C=O) groups excluding carboxylic acids is 1. The largest absolute Gasteiger partial charge is 0.326 e. The Morgan fingerprint density at radius 1 is 1.26 bits per heavy atom. The van der Waals surface area contributed by atoms with Crippen LogP contribution < -0.4 is 5.32 Å². The second kappa shape index (κ2) is 6.74. The van der Waals surface area contributed by atoms with Gasteiger partial charge in [0, 0.05) is 6.54 Å². The van der Waals surface area contributed by atoms with Gasteiger partial charge in [-0.25, -0.2) is 0 Å². The van der Waals surface area contributed by atoms with Crippen molar-refractivity contribution in [3.8, 4) is 0 Å². The standard InChI is InChI=1S/C16H30N2O/c1-12(2)10-15-17-11-16(19)18(15)9-8-14-6-4-13(3)5-7-14/h12-15,17H,4-11H2,1-3H3. The van der Waals surface area contributed by atoms with Gasteiger partial charge in [0.1, 0.15) is 0 Å². The summed E-state index contributed by atoms with van der Waals surface area (Å²) < 4.78 is 0. The quantitative estimate of drug-likeness (QED) is 0.829. The van der Waals surface area contributed by atoms with Crippen LogP contribution in [0.1, 0.15) is 59.3 Å². The lowest BCUT2D eigenvalue weighted by Gasteiger charge is -2.30. The first-order valence-corrected chi connectivity index (χ1v) is 8.09. The van der Waals surface area contributed by atoms with Gasteiger partial charge >= 0.3 is 0 Å². The molecule has 0 aromatic rings. The van der Waals surface area contributed by atoms with E-state index in [9.17, 15) is 4.79 Å². The molecule has 2 rings (SSSR count). The summed E-state index contributed by atoms with van der Waals surface area (Å²) in [5, 5.41) is 3.36. The molecule has 1 saturated carbocycles. The number of nitrogens with zero attached hydrogens (tertiary/aromatic N) is 1. The molecule has 1 amide bonds. The van der Waals surface area contributed by atoms with Gasteiger partial charge in [0.15, 0.2) is 0 Å². The molecule has 1 N–H and O–H groups in total. The van der Waals surface area contributed by atoms with E-state index >= 15 is 0 Å². The molecule has 110 valence electrons. The fourth-order valence-corrected chi connectivity index (χ4v) is 3.47. The van der Waals surface area contributed by atoms with Crippen molar-refractivity contribution in [2.24, 2.45) is 17.8 Å². The smallest absolute Gasteiger partial charge is 0.237 e. The Morgan fingerprint density at radius 2 is 1.95 bits per heavy atom. The predicted octanol–water partition coefficient (Wildman–Crippen LogP) is 3.01. The predicted molar refractivity (Wildman–Crippen MR) is 78.7 cm³/mol. The maximum Gasteiger partial charge on any atom is 0.237 e. The van der Waals surface area contributed by atoms with Crippen LogP contribution in [0.3, 0.4) is 0 Å². The van der Waals surface area contributed by atoms with Crippen molar-refractivity contribution in [3.63, 3.8) is 0 Å². The first-order valence-electron chi connectivity index (χ1n) is 8.09. The average molecular weight is 266 g/mol. The van der Waals surface area contributed by atoms with Gasteiger partial charge in [-0.15, -0.1) is 0 Å². The number of carbonyl (C=O) groups is 1. The second-order valence-corrected chi connectivity index (χ2v) is 7.03. The highest BCUT2D eigenvalue weighted by Gasteiger charge is 2.31. The molecule has 1 atom stereocenters. The summed E-state index contributed by atoms with van der Waals surface area (Å²) in [5.74, 6) is 2.71. The molecule has 0 radical (unpaired) electrons. The fourth-order valence-electron chi connectivity index (χ4n) is 3.47. The Labute approximate surface area is 118 Å². The third-order valence-electron chi connectivity index (χ3n) is 4.79. The Kier molecular flexibility index (Phi) is 5.26. The summed E-state index contributed by atoms with van der Waals surface area (Å²) in [5.41, 5.74) is 0. The van der Waals surface area contributed by atoms with Crippen molar-refractivity contribution < 1.29 is 4.79 Å². The van der Waals surface area contributed by atoms with Gasteiger partial charge in [-0.1, -0.05) is 46.5 Å². The molecule has 2 aliphatic rings. The Hall–Kier alpha value is -0.570. The number of amides is 1. The summed E-state index contributed by atoms with van der Waals surface area (Å²) in [6.07, 6.45) is 8.06. The van der Waals surface area contributed by atoms with E-state index in [4.69, 9.17) is 0 Å². The lowest BCUT2D eigenvalue weighted by molar-refractivity contribution is -0.128. The minimum atomic E-state index is 0.287. The minimum absolute atomic E-state index is 0.287. The maximum atomic E-state index is 12.0. The lowest BCUT2D eigenvalue weighted by Crippen LogP contribution is -2.39. The molecular weight excluding hydrogens is 236 g/mol. The summed E-state index contributed by atoms with van der Waals surface area (Å²) in [7, 11) is 0. The highest BCUT2D eigenvalue weighted by atomic mass is 16.2. The molecule has 0 aromatic heterocycles. The molecule has 19 heavy (non-hydrogen) atoms. The topological polar surface area (TPSA) is 32.3 Å². The monoisotopic (exact) mass is 266 g/mol. The van der Waals surface area contributed by atoms with E-state index in [1.54, 1.807) is 0 Å². The zero-order chi connectivity index (χ0) is 13.8. The van der Waals surface area contributed by atoms with Gasteiger partial charge in [-0.05, 0) is 30.6 Å². The molecule has 1 aliphatic carbocycles. The molecule has 0 spiro atoms. The van der Waals surface area contributed by atoms with Crippen molar-refractivity contribution in [1.29, 1.82) is 0 Å². The SMILES string of the molecule is CC(C)CC1NCC(=O)N1CCC1CCC(C)CC1. The minimum Gasteiger partial charge on any atom is -0.326 e. The molecule has 1 heterocycles. The highest BCUT2D eigenvalue weighted by Crippen LogP contribution is 2.30. The zero-order valence-electron chi connectivity index (χ0n) is 12.8. The van der Waals surface area contributed by atoms with E-state index in [-0.39, 0.29) is 6.17 Å². The van der Waals surface area contributed by atoms with Gasteiger partial charge in [0.2, 0.25) is 5.91 Å². The van der Waals surface area contributed by atoms with E-state index in [1.807, 2.05) is 0 Å². The summed E-state index contributed by atoms with van der Waals surface area (Å²) in [6, 6.07) is 0. The van der Waals surface area contributed by atoms with E-state index < -0.39 is 0 Å². The van der Waals surface area contributed by atoms with Crippen LogP contribution in [0.15, 0.2) is 0 Å². The third-order valence-corrected chi connectivity index (χ3v) is 4.79. The van der Waals surface area contributed by atoms with Crippen LogP contribution >= 0.6 is 0 Å². The second-order valence-electron chi connectivity index (χ2n) is 7.03. The lowest BCUT2D eigenvalue weighted by atomic mass is 9.81. The summed E-state index contributed by atoms with van der Waals surface area (Å²) in [4.78, 5) is 14.0. The summed E-state index contributed by atoms with van der Waals surface area (Å²) >= 11 is 0. The Balaban J connectivity index is 1.78. The number of hydrogen-bond donors (Lipinski definition) is 1. The van der Waals surface area contributed by atoms with Gasteiger partial charge in [0.05, 0.1) is 12.7 Å². The van der Waals surface area contributed by atoms with Crippen LogP contribution in [0.25, 0.3) is 0 Å². The number of rotatable bonds is 5. The molecule has 0 bridgehead atoms. The van der Waals surface area contributed by atoms with Crippen LogP contribution in [-0.2, 0) is 4.79 Å². The molecule has 1 unspecified atom stereocenters. The van der Waals surface area contributed by atoms with E-state index in [0.29, 0.717) is 18.4 Å². The third kappa shape index (κ3) is 4.20. The van der Waals surface area contributed by atoms with Crippen molar-refractivity contribution in [3.05, 3.63) is 0 Å². The highest BCUT2D eigenvalue weighted by molar-refractivity contribution is 5.80. The number of hydrogen-bond acceptors (Lipinski definition) is 2. The van der Waals surface area contributed by atoms with Crippen molar-refractivity contribution in [2.75, 3.05) is 13.1 Å². The van der Waals surface area contributed by atoms with Crippen LogP contribution in [-0.4, -0.2) is 30.1 Å². The van der Waals surface area contributed by atoms with Gasteiger partial charge in [-0.2, -0.15) is 0 Å². The normalized spacial score (nSPS) is 32.3. The molecular formula is C16H30N2O. The van der Waals surface area contributed by atoms with E-state index in [1.165, 1.54) is 32.1 Å². The van der Waals surface area contributed by atoms with E-state index in [2.05, 4.69) is 31.0 Å². The first kappa shape index (κ1) is 14.8. The molecule has 1 saturated heterocycles. The summed E-state index contributed by atoms with van der Waals surface area (Å²) in [6.45, 7) is 8.32. The van der Waals surface area contributed by atoms with Gasteiger partial charge in [-0.3, -0.25) is 10.1 Å². The van der Waals surface area contributed by atoms with Crippen LogP contribution in [0.4, 0.5) is 0 Å². The van der Waals surface area contributed by atoms with E-state index in [0.717, 1.165) is 24.8 Å². The van der Waals surface area contributed by atoms with Crippen LogP contribution in [0, 0.1) is 17.8 Å². The zero-order valence-corrected chi connectivity index (χ0v) is 12.8. The molecule has 1 aliphatic heterocycles. The van der Waals surface area contributed by atoms with Crippen molar-refractivity contribution >= 4 is 5.91 Å². The van der Waals surface area contributed by atoms with Crippen LogP contribution in [0.2, 0.25) is 0 Å². The molecule has 3 heteroatoms. The Morgan fingerprint density at radius 3 is 2.58 bits per heavy atom. The van der Waals surface area contributed by atoms with Gasteiger partial charge in [0.25, 0.3) is 0 Å². The van der Waals surface area contributed by atoms with Crippen molar-refractivity contribution in [2.45, 2.75) is 65.5 Å². The fraction of sp³-hybridized carbons (Fsp3) is 0.938. The van der Waals surface area contributed by atoms with Crippen LogP contribution in [0.5, 0.6) is 0 Å². The van der Waals surface area contributed by atoms with Crippen molar-refractivity contribution in [1.82, 2.24) is 10.2 Å². The first-order chi connectivity index (χ1) is 9.06. The molecule has 2 fully saturated rings. The maximum absolute atomic E-state index is 12.0. The Bertz CT molecular complexity index is 295.